The molecule has 17 heavy (non-hydrogen) atoms. The lowest BCUT2D eigenvalue weighted by atomic mass is 10.2. The first-order valence-corrected chi connectivity index (χ1v) is 5.39. The maximum Gasteiger partial charge on any atom is 0.137 e. The molecule has 0 fully saturated rings. The Morgan fingerprint density at radius 2 is 1.94 bits per heavy atom. The van der Waals surface area contributed by atoms with E-state index in [2.05, 4.69) is 9.97 Å². The summed E-state index contributed by atoms with van der Waals surface area (Å²) in [5.74, 6) is 0. The SMILES string of the molecule is Cc1cc2nc(-c3ccncc3)cn2cc1N. The highest BCUT2D eigenvalue weighted by Gasteiger charge is 2.05. The first-order chi connectivity index (χ1) is 8.24. The van der Waals surface area contributed by atoms with E-state index >= 15 is 0 Å². The van der Waals surface area contributed by atoms with Gasteiger partial charge in [0.05, 0.1) is 11.4 Å². The number of hydrogen-bond donors (Lipinski definition) is 1. The highest BCUT2D eigenvalue weighted by Crippen LogP contribution is 2.20. The molecule has 0 bridgehead atoms. The summed E-state index contributed by atoms with van der Waals surface area (Å²) < 4.78 is 1.94. The maximum absolute atomic E-state index is 5.88. The molecule has 0 unspecified atom stereocenters. The fraction of sp³-hybridized carbons (Fsp3) is 0.0769. The zero-order valence-corrected chi connectivity index (χ0v) is 9.46. The third-order valence-corrected chi connectivity index (χ3v) is 2.82. The minimum Gasteiger partial charge on any atom is -0.397 e. The number of pyridine rings is 2. The normalized spacial score (nSPS) is 10.9. The number of imidazole rings is 1. The number of nitrogens with zero attached hydrogens (tertiary/aromatic N) is 3. The first kappa shape index (κ1) is 9.84. The van der Waals surface area contributed by atoms with Crippen molar-refractivity contribution in [2.75, 3.05) is 5.73 Å². The quantitative estimate of drug-likeness (QED) is 0.690. The number of aryl methyl sites for hydroxylation is 1. The van der Waals surface area contributed by atoms with Gasteiger partial charge in [0, 0.05) is 30.4 Å². The molecule has 4 nitrogen and oxygen atoms in total. The van der Waals surface area contributed by atoms with Crippen LogP contribution in [0.3, 0.4) is 0 Å². The summed E-state index contributed by atoms with van der Waals surface area (Å²) in [6.07, 6.45) is 7.39. The van der Waals surface area contributed by atoms with E-state index in [-0.39, 0.29) is 0 Å². The molecule has 2 N–H and O–H groups in total. The van der Waals surface area contributed by atoms with Gasteiger partial charge in [-0.05, 0) is 30.7 Å². The maximum atomic E-state index is 5.88. The van der Waals surface area contributed by atoms with Crippen LogP contribution in [0.15, 0.2) is 43.0 Å². The molecule has 0 aliphatic rings. The molecule has 0 amide bonds. The summed E-state index contributed by atoms with van der Waals surface area (Å²) in [5, 5.41) is 0. The van der Waals surface area contributed by atoms with Crippen LogP contribution >= 0.6 is 0 Å². The molecular formula is C13H12N4. The lowest BCUT2D eigenvalue weighted by Crippen LogP contribution is -1.93. The molecule has 0 atom stereocenters. The Labute approximate surface area is 98.8 Å². The van der Waals surface area contributed by atoms with Gasteiger partial charge in [0.2, 0.25) is 0 Å². The Hall–Kier alpha value is -2.36. The number of fused-ring (bicyclic) bond motifs is 1. The molecule has 0 saturated heterocycles. The summed E-state index contributed by atoms with van der Waals surface area (Å²) in [7, 11) is 0. The highest BCUT2D eigenvalue weighted by atomic mass is 15.0. The molecular weight excluding hydrogens is 212 g/mol. The van der Waals surface area contributed by atoms with Gasteiger partial charge in [0.1, 0.15) is 5.65 Å². The predicted molar refractivity (Wildman–Crippen MR) is 67.6 cm³/mol. The van der Waals surface area contributed by atoms with Gasteiger partial charge in [-0.1, -0.05) is 0 Å². The second-order valence-electron chi connectivity index (χ2n) is 4.04. The number of aromatic nitrogens is 3. The molecule has 3 aromatic rings. The van der Waals surface area contributed by atoms with Crippen LogP contribution in [0.5, 0.6) is 0 Å². The van der Waals surface area contributed by atoms with E-state index in [9.17, 15) is 0 Å². The smallest absolute Gasteiger partial charge is 0.137 e. The Bertz CT molecular complexity index is 631. The standard InChI is InChI=1S/C13H12N4/c1-9-6-13-16-12(8-17(13)7-11(9)14)10-2-4-15-5-3-10/h2-8H,14H2,1H3. The van der Waals surface area contributed by atoms with Crippen LogP contribution in [0.1, 0.15) is 5.56 Å². The van der Waals surface area contributed by atoms with Crippen molar-refractivity contribution in [2.45, 2.75) is 6.92 Å². The average molecular weight is 224 g/mol. The summed E-state index contributed by atoms with van der Waals surface area (Å²) >= 11 is 0. The summed E-state index contributed by atoms with van der Waals surface area (Å²) in [6, 6.07) is 5.87. The minimum atomic E-state index is 0.774. The highest BCUT2D eigenvalue weighted by molar-refractivity contribution is 5.64. The van der Waals surface area contributed by atoms with Gasteiger partial charge in [-0.25, -0.2) is 4.98 Å². The third-order valence-electron chi connectivity index (χ3n) is 2.82. The van der Waals surface area contributed by atoms with Crippen molar-refractivity contribution in [3.8, 4) is 11.3 Å². The zero-order valence-electron chi connectivity index (χ0n) is 9.46. The van der Waals surface area contributed by atoms with Crippen molar-refractivity contribution in [1.82, 2.24) is 14.4 Å². The monoisotopic (exact) mass is 224 g/mol. The Morgan fingerprint density at radius 3 is 2.71 bits per heavy atom. The van der Waals surface area contributed by atoms with Gasteiger partial charge in [-0.3, -0.25) is 4.98 Å². The van der Waals surface area contributed by atoms with Crippen molar-refractivity contribution < 1.29 is 0 Å². The molecule has 0 aromatic carbocycles. The van der Waals surface area contributed by atoms with Gasteiger partial charge in [-0.2, -0.15) is 0 Å². The van der Waals surface area contributed by atoms with Crippen molar-refractivity contribution in [3.63, 3.8) is 0 Å². The second kappa shape index (κ2) is 3.59. The molecule has 3 heterocycles. The van der Waals surface area contributed by atoms with Crippen LogP contribution in [0.25, 0.3) is 16.9 Å². The number of anilines is 1. The van der Waals surface area contributed by atoms with Gasteiger partial charge in [0.15, 0.2) is 0 Å². The van der Waals surface area contributed by atoms with Crippen LogP contribution in [0, 0.1) is 6.92 Å². The molecule has 0 radical (unpaired) electrons. The van der Waals surface area contributed by atoms with Crippen LogP contribution in [-0.4, -0.2) is 14.4 Å². The molecule has 3 aromatic heterocycles. The second-order valence-corrected chi connectivity index (χ2v) is 4.04. The lowest BCUT2D eigenvalue weighted by molar-refractivity contribution is 1.18. The molecule has 84 valence electrons. The Morgan fingerprint density at radius 1 is 1.18 bits per heavy atom. The van der Waals surface area contributed by atoms with E-state index in [4.69, 9.17) is 5.73 Å². The van der Waals surface area contributed by atoms with E-state index in [1.807, 2.05) is 41.9 Å². The van der Waals surface area contributed by atoms with Crippen LogP contribution in [0.4, 0.5) is 5.69 Å². The Kier molecular flexibility index (Phi) is 2.08. The first-order valence-electron chi connectivity index (χ1n) is 5.39. The predicted octanol–water partition coefficient (Wildman–Crippen LogP) is 2.29. The van der Waals surface area contributed by atoms with Crippen LogP contribution < -0.4 is 5.73 Å². The Balaban J connectivity index is 2.21. The summed E-state index contributed by atoms with van der Waals surface area (Å²) in [5.41, 5.74) is 10.6. The van der Waals surface area contributed by atoms with Crippen LogP contribution in [-0.2, 0) is 0 Å². The number of nitrogen functional groups attached to an aromatic ring is 1. The fourth-order valence-corrected chi connectivity index (χ4v) is 1.81. The number of rotatable bonds is 1. The van der Waals surface area contributed by atoms with Crippen molar-refractivity contribution in [3.05, 3.63) is 48.5 Å². The summed E-state index contributed by atoms with van der Waals surface area (Å²) in [6.45, 7) is 1.98. The number of hydrogen-bond acceptors (Lipinski definition) is 3. The van der Waals surface area contributed by atoms with Gasteiger partial charge >= 0.3 is 0 Å². The molecule has 0 spiro atoms. The minimum absolute atomic E-state index is 0.774. The molecule has 3 rings (SSSR count). The molecule has 0 saturated carbocycles. The van der Waals surface area contributed by atoms with E-state index in [0.717, 1.165) is 28.2 Å². The topological polar surface area (TPSA) is 56.2 Å². The average Bonchev–Trinajstić information content (AvgIpc) is 2.74. The third kappa shape index (κ3) is 1.63. The fourth-order valence-electron chi connectivity index (χ4n) is 1.81. The van der Waals surface area contributed by atoms with Gasteiger partial charge in [-0.15, -0.1) is 0 Å². The van der Waals surface area contributed by atoms with Gasteiger partial charge < -0.3 is 10.1 Å². The van der Waals surface area contributed by atoms with Crippen LogP contribution in [0.2, 0.25) is 0 Å². The van der Waals surface area contributed by atoms with Crippen molar-refractivity contribution >= 4 is 11.3 Å². The number of nitrogens with two attached hydrogens (primary N) is 1. The van der Waals surface area contributed by atoms with E-state index < -0.39 is 0 Å². The molecule has 0 aliphatic carbocycles. The largest absolute Gasteiger partial charge is 0.397 e. The molecule has 4 heteroatoms. The zero-order chi connectivity index (χ0) is 11.8. The van der Waals surface area contributed by atoms with Crippen molar-refractivity contribution in [2.24, 2.45) is 0 Å². The molecule has 0 aliphatic heterocycles. The van der Waals surface area contributed by atoms with E-state index in [1.165, 1.54) is 0 Å². The summed E-state index contributed by atoms with van der Waals surface area (Å²) in [4.78, 5) is 8.56. The van der Waals surface area contributed by atoms with E-state index in [1.54, 1.807) is 12.4 Å². The van der Waals surface area contributed by atoms with Crippen molar-refractivity contribution in [1.29, 1.82) is 0 Å². The van der Waals surface area contributed by atoms with E-state index in [0.29, 0.717) is 0 Å². The van der Waals surface area contributed by atoms with Gasteiger partial charge in [0.25, 0.3) is 0 Å². The lowest BCUT2D eigenvalue weighted by Gasteiger charge is -1.99.